The lowest BCUT2D eigenvalue weighted by molar-refractivity contribution is -0.852. The Labute approximate surface area is 102 Å². The third-order valence-electron chi connectivity index (χ3n) is 1.95. The molecule has 1 rings (SSSR count). The summed E-state index contributed by atoms with van der Waals surface area (Å²) >= 11 is -0.613. The van der Waals surface area contributed by atoms with E-state index in [1.54, 1.807) is 0 Å². The first-order valence-corrected chi connectivity index (χ1v) is 6.78. The van der Waals surface area contributed by atoms with Crippen molar-refractivity contribution in [3.8, 4) is 0 Å². The van der Waals surface area contributed by atoms with Crippen LogP contribution < -0.4 is 21.6 Å². The molecule has 0 aliphatic heterocycles. The van der Waals surface area contributed by atoms with Crippen LogP contribution in [-0.2, 0) is 13.3 Å². The second-order valence-electron chi connectivity index (χ2n) is 4.40. The number of benzene rings is 1. The zero-order chi connectivity index (χ0) is 11.5. The molecule has 0 aliphatic carbocycles. The Hall–Kier alpha value is -0.580. The van der Waals surface area contributed by atoms with Gasteiger partial charge in [0.15, 0.2) is 0 Å². The van der Waals surface area contributed by atoms with Crippen LogP contribution in [0, 0.1) is 3.57 Å². The monoisotopic (exact) mass is 319 g/mol. The van der Waals surface area contributed by atoms with Gasteiger partial charge in [0.25, 0.3) is 0 Å². The molecule has 82 valence electrons. The second kappa shape index (κ2) is 4.96. The number of halogens is 1. The minimum atomic E-state index is -0.613. The summed E-state index contributed by atoms with van der Waals surface area (Å²) in [6.45, 7) is 8.00. The second-order valence-corrected chi connectivity index (χ2v) is 6.53. The van der Waals surface area contributed by atoms with Gasteiger partial charge in [-0.25, -0.2) is 7.86 Å². The summed E-state index contributed by atoms with van der Waals surface area (Å²) in [7, 11) is 0. The van der Waals surface area contributed by atoms with E-state index in [9.17, 15) is 4.79 Å². The largest absolute Gasteiger partial charge is 0.583 e. The maximum atomic E-state index is 10.6. The Morgan fingerprint density at radius 1 is 1.20 bits per heavy atom. The van der Waals surface area contributed by atoms with Crippen molar-refractivity contribution in [2.45, 2.75) is 33.1 Å². The Bertz CT molecular complexity index is 336. The summed E-state index contributed by atoms with van der Waals surface area (Å²) in [4.78, 5) is 10.6. The summed E-state index contributed by atoms with van der Waals surface area (Å²) in [5.74, 6) is -0.192. The van der Waals surface area contributed by atoms with Crippen LogP contribution in [0.15, 0.2) is 24.3 Å². The van der Waals surface area contributed by atoms with Crippen LogP contribution in [0.25, 0.3) is 0 Å². The van der Waals surface area contributed by atoms with Crippen molar-refractivity contribution < 1.29 is 29.5 Å². The summed E-state index contributed by atoms with van der Waals surface area (Å²) in [6, 6.07) is 8.32. The van der Waals surface area contributed by atoms with E-state index in [2.05, 4.69) is 45.0 Å². The van der Waals surface area contributed by atoms with Gasteiger partial charge >= 0.3 is 27.6 Å². The standard InChI is InChI=1S/C12H16IO2/c1-9(14)15-13-11-7-5-10(6-8-11)12(2,3)4/h5-8H,1-4H3/q+1. The van der Waals surface area contributed by atoms with E-state index >= 15 is 0 Å². The first kappa shape index (κ1) is 12.5. The molecule has 15 heavy (non-hydrogen) atoms. The van der Waals surface area contributed by atoms with Gasteiger partial charge in [-0.3, -0.25) is 0 Å². The third kappa shape index (κ3) is 4.20. The summed E-state index contributed by atoms with van der Waals surface area (Å²) < 4.78 is 6.16. The molecule has 0 fully saturated rings. The van der Waals surface area contributed by atoms with E-state index in [-0.39, 0.29) is 11.4 Å². The molecule has 0 saturated carbocycles. The molecule has 0 N–H and O–H groups in total. The predicted molar refractivity (Wildman–Crippen MR) is 55.6 cm³/mol. The molecule has 0 aromatic heterocycles. The van der Waals surface area contributed by atoms with E-state index in [0.29, 0.717) is 0 Å². The van der Waals surface area contributed by atoms with Gasteiger partial charge in [-0.2, -0.15) is 0 Å². The molecule has 1 aromatic carbocycles. The highest BCUT2D eigenvalue weighted by Gasteiger charge is 2.19. The van der Waals surface area contributed by atoms with Crippen molar-refractivity contribution >= 4 is 5.97 Å². The summed E-state index contributed by atoms with van der Waals surface area (Å²) in [6.07, 6.45) is 0. The number of hydrogen-bond acceptors (Lipinski definition) is 2. The SMILES string of the molecule is CC(=O)O[I+]c1ccc(C(C)(C)C)cc1. The fraction of sp³-hybridized carbons (Fsp3) is 0.417. The fourth-order valence-corrected chi connectivity index (χ4v) is 2.32. The van der Waals surface area contributed by atoms with Gasteiger partial charge in [0, 0.05) is 6.92 Å². The first-order chi connectivity index (χ1) is 6.89. The molecular formula is C12H16IO2+. The maximum absolute atomic E-state index is 10.6. The molecule has 0 atom stereocenters. The highest BCUT2D eigenvalue weighted by Crippen LogP contribution is 2.20. The highest BCUT2D eigenvalue weighted by atomic mass is 127. The maximum Gasteiger partial charge on any atom is 0.583 e. The lowest BCUT2D eigenvalue weighted by Gasteiger charge is -2.17. The van der Waals surface area contributed by atoms with E-state index < -0.39 is 21.6 Å². The lowest BCUT2D eigenvalue weighted by Crippen LogP contribution is -3.62. The molecule has 0 unspecified atom stereocenters. The zero-order valence-corrected chi connectivity index (χ0v) is 11.7. The van der Waals surface area contributed by atoms with Crippen molar-refractivity contribution in [3.63, 3.8) is 0 Å². The normalized spacial score (nSPS) is 11.2. The minimum Gasteiger partial charge on any atom is -0.247 e. The average molecular weight is 319 g/mol. The summed E-state index contributed by atoms with van der Waals surface area (Å²) in [5, 5.41) is 0. The fourth-order valence-electron chi connectivity index (χ4n) is 1.10. The Morgan fingerprint density at radius 3 is 2.13 bits per heavy atom. The van der Waals surface area contributed by atoms with Gasteiger partial charge in [0.05, 0.1) is 0 Å². The predicted octanol–water partition coefficient (Wildman–Crippen LogP) is -0.279. The molecule has 3 heteroatoms. The molecule has 0 bridgehead atoms. The van der Waals surface area contributed by atoms with Crippen LogP contribution >= 0.6 is 0 Å². The summed E-state index contributed by atoms with van der Waals surface area (Å²) in [5.41, 5.74) is 1.48. The molecule has 0 radical (unpaired) electrons. The molecule has 0 spiro atoms. The number of hydrogen-bond donors (Lipinski definition) is 0. The van der Waals surface area contributed by atoms with Gasteiger partial charge < -0.3 is 0 Å². The Kier molecular flexibility index (Phi) is 4.13. The number of carbonyl (C=O) groups excluding carboxylic acids is 1. The van der Waals surface area contributed by atoms with Crippen molar-refractivity contribution in [1.29, 1.82) is 0 Å². The Morgan fingerprint density at radius 2 is 1.73 bits per heavy atom. The average Bonchev–Trinajstić information content (AvgIpc) is 2.14. The van der Waals surface area contributed by atoms with Gasteiger partial charge in [0.1, 0.15) is 0 Å². The van der Waals surface area contributed by atoms with E-state index in [4.69, 9.17) is 3.07 Å². The molecule has 0 saturated heterocycles. The minimum absolute atomic E-state index is 0.179. The quantitative estimate of drug-likeness (QED) is 0.701. The van der Waals surface area contributed by atoms with E-state index in [0.717, 1.165) is 3.57 Å². The molecule has 0 amide bonds. The van der Waals surface area contributed by atoms with Crippen LogP contribution in [0.5, 0.6) is 0 Å². The topological polar surface area (TPSA) is 26.3 Å². The van der Waals surface area contributed by atoms with Crippen LogP contribution in [0.3, 0.4) is 0 Å². The molecule has 0 aliphatic rings. The first-order valence-electron chi connectivity index (χ1n) is 4.82. The number of rotatable bonds is 2. The Balaban J connectivity index is 2.69. The highest BCUT2D eigenvalue weighted by molar-refractivity contribution is 5.64. The molecule has 0 heterocycles. The zero-order valence-electron chi connectivity index (χ0n) is 9.50. The number of carbonyl (C=O) groups is 1. The molecule has 2 nitrogen and oxygen atoms in total. The smallest absolute Gasteiger partial charge is 0.247 e. The van der Waals surface area contributed by atoms with E-state index in [1.807, 2.05) is 0 Å². The van der Waals surface area contributed by atoms with Crippen LogP contribution in [0.2, 0.25) is 0 Å². The van der Waals surface area contributed by atoms with Crippen LogP contribution in [0.4, 0.5) is 0 Å². The van der Waals surface area contributed by atoms with Crippen LogP contribution in [-0.4, -0.2) is 5.97 Å². The van der Waals surface area contributed by atoms with Crippen LogP contribution in [0.1, 0.15) is 33.3 Å². The lowest BCUT2D eigenvalue weighted by atomic mass is 9.87. The van der Waals surface area contributed by atoms with Crippen molar-refractivity contribution in [2.24, 2.45) is 0 Å². The van der Waals surface area contributed by atoms with Crippen molar-refractivity contribution in [3.05, 3.63) is 33.4 Å². The van der Waals surface area contributed by atoms with Gasteiger partial charge in [-0.1, -0.05) is 32.9 Å². The van der Waals surface area contributed by atoms with E-state index in [1.165, 1.54) is 12.5 Å². The molecular weight excluding hydrogens is 303 g/mol. The van der Waals surface area contributed by atoms with Gasteiger partial charge in [-0.05, 0) is 23.1 Å². The third-order valence-corrected chi connectivity index (χ3v) is 4.01. The van der Waals surface area contributed by atoms with Crippen molar-refractivity contribution in [1.82, 2.24) is 0 Å². The molecule has 1 aromatic rings. The van der Waals surface area contributed by atoms with Crippen molar-refractivity contribution in [2.75, 3.05) is 0 Å². The van der Waals surface area contributed by atoms with Gasteiger partial charge in [-0.15, -0.1) is 0 Å². The van der Waals surface area contributed by atoms with Gasteiger partial charge in [0.2, 0.25) is 3.57 Å².